The summed E-state index contributed by atoms with van der Waals surface area (Å²) in [5, 5.41) is 4.51. The van der Waals surface area contributed by atoms with E-state index in [-0.39, 0.29) is 17.7 Å². The minimum atomic E-state index is -0.485. The van der Waals surface area contributed by atoms with Crippen LogP contribution in [0.4, 0.5) is 0 Å². The molecule has 3 N–H and O–H groups in total. The molecule has 0 saturated heterocycles. The number of hydrogen-bond donors (Lipinski definition) is 2. The van der Waals surface area contributed by atoms with Crippen LogP contribution in [0.2, 0.25) is 0 Å². The number of carbonyl (C=O) groups is 2. The van der Waals surface area contributed by atoms with Crippen LogP contribution in [0.1, 0.15) is 43.0 Å². The quantitative estimate of drug-likeness (QED) is 0.805. The molecule has 2 atom stereocenters. The molecule has 1 fully saturated rings. The number of carbonyl (C=O) groups excluding carboxylic acids is 2. The summed E-state index contributed by atoms with van der Waals surface area (Å²) in [5.74, 6) is 0.343. The second kappa shape index (κ2) is 7.87. The van der Waals surface area contributed by atoms with Crippen LogP contribution in [-0.2, 0) is 4.79 Å². The minimum absolute atomic E-state index is 0.0133. The average Bonchev–Trinajstić information content (AvgIpc) is 2.61. The van der Waals surface area contributed by atoms with Crippen molar-refractivity contribution in [3.63, 3.8) is 0 Å². The van der Waals surface area contributed by atoms with Crippen LogP contribution in [-0.4, -0.2) is 28.6 Å². The van der Waals surface area contributed by atoms with Crippen molar-refractivity contribution in [2.45, 2.75) is 43.7 Å². The lowest BCUT2D eigenvalue weighted by atomic mass is 9.86. The largest absolute Gasteiger partial charge is 0.366 e. The van der Waals surface area contributed by atoms with Gasteiger partial charge >= 0.3 is 0 Å². The maximum atomic E-state index is 12.3. The molecule has 0 spiro atoms. The molecule has 2 amide bonds. The number of aromatic nitrogens is 1. The van der Waals surface area contributed by atoms with Gasteiger partial charge in [0.15, 0.2) is 0 Å². The van der Waals surface area contributed by atoms with Crippen LogP contribution in [0.3, 0.4) is 0 Å². The van der Waals surface area contributed by atoms with Gasteiger partial charge in [0.1, 0.15) is 0 Å². The summed E-state index contributed by atoms with van der Waals surface area (Å²) in [7, 11) is 0. The standard InChI is InChI=1S/C19H23N3O2S/c1-12-6-2-4-8-15(12)21-17(23)11-25-18-10-14(19(20)24)13-7-3-5-9-16(13)22-18/h3,5,7,9-10,12,15H,2,4,6,8,11H2,1H3,(H2,20,24)(H,21,23)/t12-,15+/m0/s1. The summed E-state index contributed by atoms with van der Waals surface area (Å²) in [4.78, 5) is 28.5. The zero-order valence-corrected chi connectivity index (χ0v) is 15.1. The molecule has 0 radical (unpaired) electrons. The van der Waals surface area contributed by atoms with E-state index in [4.69, 9.17) is 5.73 Å². The highest BCUT2D eigenvalue weighted by Gasteiger charge is 2.22. The first-order valence-corrected chi connectivity index (χ1v) is 9.65. The van der Waals surface area contributed by atoms with Crippen molar-refractivity contribution in [2.75, 3.05) is 5.75 Å². The van der Waals surface area contributed by atoms with E-state index in [0.29, 0.717) is 22.0 Å². The molecule has 0 bridgehead atoms. The Morgan fingerprint density at radius 1 is 1.28 bits per heavy atom. The van der Waals surface area contributed by atoms with Gasteiger partial charge in [-0.25, -0.2) is 4.98 Å². The number of primary amides is 1. The van der Waals surface area contributed by atoms with Crippen LogP contribution in [0.25, 0.3) is 10.9 Å². The number of rotatable bonds is 5. The molecule has 2 aromatic rings. The topological polar surface area (TPSA) is 85.1 Å². The Balaban J connectivity index is 1.68. The fourth-order valence-corrected chi connectivity index (χ4v) is 4.07. The predicted molar refractivity (Wildman–Crippen MR) is 101 cm³/mol. The van der Waals surface area contributed by atoms with E-state index in [1.165, 1.54) is 31.0 Å². The molecule has 0 aliphatic heterocycles. The third-order valence-corrected chi connectivity index (χ3v) is 5.68. The SMILES string of the molecule is C[C@H]1CCCC[C@H]1NC(=O)CSc1cc(C(N)=O)c2ccccc2n1. The van der Waals surface area contributed by atoms with Gasteiger partial charge in [-0.3, -0.25) is 9.59 Å². The summed E-state index contributed by atoms with van der Waals surface area (Å²) in [6.45, 7) is 2.20. The molecule has 1 aliphatic rings. The number of thioether (sulfide) groups is 1. The Morgan fingerprint density at radius 3 is 2.80 bits per heavy atom. The molecule has 0 unspecified atom stereocenters. The van der Waals surface area contributed by atoms with Gasteiger partial charge in [0.2, 0.25) is 11.8 Å². The van der Waals surface area contributed by atoms with Crippen LogP contribution in [0, 0.1) is 5.92 Å². The number of hydrogen-bond acceptors (Lipinski definition) is 4. The van der Waals surface area contributed by atoms with Crippen molar-refractivity contribution in [2.24, 2.45) is 11.7 Å². The number of para-hydroxylation sites is 1. The van der Waals surface area contributed by atoms with E-state index >= 15 is 0 Å². The third-order valence-electron chi connectivity index (χ3n) is 4.77. The highest BCUT2D eigenvalue weighted by atomic mass is 32.2. The van der Waals surface area contributed by atoms with Crippen molar-refractivity contribution in [1.82, 2.24) is 10.3 Å². The fourth-order valence-electron chi connectivity index (χ4n) is 3.35. The number of nitrogens with one attached hydrogen (secondary N) is 1. The van der Waals surface area contributed by atoms with Gasteiger partial charge in [0.05, 0.1) is 21.9 Å². The van der Waals surface area contributed by atoms with Gasteiger partial charge in [-0.05, 0) is 30.9 Å². The second-order valence-electron chi connectivity index (χ2n) is 6.61. The van der Waals surface area contributed by atoms with Gasteiger partial charge < -0.3 is 11.1 Å². The Kier molecular flexibility index (Phi) is 5.58. The van der Waals surface area contributed by atoms with Crippen molar-refractivity contribution in [3.8, 4) is 0 Å². The summed E-state index contributed by atoms with van der Waals surface area (Å²) < 4.78 is 0. The Morgan fingerprint density at radius 2 is 2.04 bits per heavy atom. The van der Waals surface area contributed by atoms with E-state index in [0.717, 1.165) is 11.8 Å². The first-order chi connectivity index (χ1) is 12.0. The first kappa shape index (κ1) is 17.7. The third kappa shape index (κ3) is 4.31. The van der Waals surface area contributed by atoms with Crippen molar-refractivity contribution in [3.05, 3.63) is 35.9 Å². The van der Waals surface area contributed by atoms with Crippen molar-refractivity contribution in [1.29, 1.82) is 0 Å². The summed E-state index contributed by atoms with van der Waals surface area (Å²) >= 11 is 1.33. The van der Waals surface area contributed by atoms with E-state index in [1.54, 1.807) is 6.07 Å². The van der Waals surface area contributed by atoms with E-state index in [9.17, 15) is 9.59 Å². The number of pyridine rings is 1. The summed E-state index contributed by atoms with van der Waals surface area (Å²) in [6.07, 6.45) is 4.65. The zero-order chi connectivity index (χ0) is 17.8. The highest BCUT2D eigenvalue weighted by molar-refractivity contribution is 7.99. The molecular formula is C19H23N3O2S. The molecule has 1 aliphatic carbocycles. The van der Waals surface area contributed by atoms with Crippen LogP contribution >= 0.6 is 11.8 Å². The van der Waals surface area contributed by atoms with Crippen LogP contribution < -0.4 is 11.1 Å². The van der Waals surface area contributed by atoms with Gasteiger partial charge in [-0.1, -0.05) is 49.7 Å². The lowest BCUT2D eigenvalue weighted by Crippen LogP contribution is -2.41. The van der Waals surface area contributed by atoms with Gasteiger partial charge in [0, 0.05) is 11.4 Å². The molecule has 5 nitrogen and oxygen atoms in total. The average molecular weight is 357 g/mol. The van der Waals surface area contributed by atoms with Crippen LogP contribution in [0.15, 0.2) is 35.4 Å². The maximum absolute atomic E-state index is 12.3. The number of benzene rings is 1. The molecule has 3 rings (SSSR count). The van der Waals surface area contributed by atoms with Crippen molar-refractivity contribution >= 4 is 34.5 Å². The fraction of sp³-hybridized carbons (Fsp3) is 0.421. The second-order valence-corrected chi connectivity index (χ2v) is 7.61. The maximum Gasteiger partial charge on any atom is 0.249 e. The molecule has 1 saturated carbocycles. The molecule has 1 aromatic heterocycles. The van der Waals surface area contributed by atoms with Gasteiger partial charge in [-0.2, -0.15) is 0 Å². The Labute approximate surface area is 151 Å². The number of nitrogens with zero attached hydrogens (tertiary/aromatic N) is 1. The summed E-state index contributed by atoms with van der Waals surface area (Å²) in [5.41, 5.74) is 6.64. The van der Waals surface area contributed by atoms with E-state index < -0.39 is 5.91 Å². The molecular weight excluding hydrogens is 334 g/mol. The molecule has 25 heavy (non-hydrogen) atoms. The minimum Gasteiger partial charge on any atom is -0.366 e. The smallest absolute Gasteiger partial charge is 0.249 e. The predicted octanol–water partition coefficient (Wildman–Crippen LogP) is 3.12. The Hall–Kier alpha value is -2.08. The molecule has 1 aromatic carbocycles. The normalized spacial score (nSPS) is 20.4. The number of fused-ring (bicyclic) bond motifs is 1. The first-order valence-electron chi connectivity index (χ1n) is 8.66. The lowest BCUT2D eigenvalue weighted by molar-refractivity contribution is -0.119. The Bertz CT molecular complexity index is 793. The lowest BCUT2D eigenvalue weighted by Gasteiger charge is -2.29. The molecule has 1 heterocycles. The summed E-state index contributed by atoms with van der Waals surface area (Å²) in [6, 6.07) is 9.33. The van der Waals surface area contributed by atoms with E-state index in [1.807, 2.05) is 24.3 Å². The van der Waals surface area contributed by atoms with Crippen LogP contribution in [0.5, 0.6) is 0 Å². The number of nitrogens with two attached hydrogens (primary N) is 1. The monoisotopic (exact) mass is 357 g/mol. The highest BCUT2D eigenvalue weighted by Crippen LogP contribution is 2.25. The molecule has 6 heteroatoms. The van der Waals surface area contributed by atoms with Gasteiger partial charge in [0.25, 0.3) is 0 Å². The zero-order valence-electron chi connectivity index (χ0n) is 14.3. The number of amides is 2. The molecule has 132 valence electrons. The van der Waals surface area contributed by atoms with Gasteiger partial charge in [-0.15, -0.1) is 0 Å². The van der Waals surface area contributed by atoms with Crippen molar-refractivity contribution < 1.29 is 9.59 Å². The van der Waals surface area contributed by atoms with E-state index in [2.05, 4.69) is 17.2 Å².